The summed E-state index contributed by atoms with van der Waals surface area (Å²) in [5.74, 6) is 0.695. The average Bonchev–Trinajstić information content (AvgIpc) is 3.09. The van der Waals surface area contributed by atoms with Gasteiger partial charge in [-0.25, -0.2) is 0 Å². The SMILES string of the molecule is CC(C)(CC1Cc2ccccc2C1)NCC(O)c1sccc1Br. The first-order valence-electron chi connectivity index (χ1n) is 8.17. The largest absolute Gasteiger partial charge is 0.386 e. The molecule has 0 saturated carbocycles. The van der Waals surface area contributed by atoms with Crippen LogP contribution in [0.25, 0.3) is 0 Å². The number of nitrogens with one attached hydrogen (secondary N) is 1. The standard InChI is InChI=1S/C19H24BrNOS/c1-19(2,21-12-17(22)18-16(20)7-8-23-18)11-13-9-14-5-3-4-6-15(14)10-13/h3-8,13,17,21-22H,9-12H2,1-2H3. The van der Waals surface area contributed by atoms with Crippen LogP contribution in [-0.4, -0.2) is 17.2 Å². The Kier molecular flexibility index (Phi) is 5.26. The lowest BCUT2D eigenvalue weighted by Crippen LogP contribution is -2.43. The fourth-order valence-corrected chi connectivity index (χ4v) is 5.22. The topological polar surface area (TPSA) is 32.3 Å². The van der Waals surface area contributed by atoms with Gasteiger partial charge >= 0.3 is 0 Å². The number of thiophene rings is 1. The van der Waals surface area contributed by atoms with E-state index in [9.17, 15) is 5.11 Å². The lowest BCUT2D eigenvalue weighted by atomic mass is 9.88. The van der Waals surface area contributed by atoms with E-state index in [-0.39, 0.29) is 5.54 Å². The minimum Gasteiger partial charge on any atom is -0.386 e. The highest BCUT2D eigenvalue weighted by Crippen LogP contribution is 2.33. The average molecular weight is 394 g/mol. The van der Waals surface area contributed by atoms with Crippen molar-refractivity contribution in [1.29, 1.82) is 0 Å². The van der Waals surface area contributed by atoms with E-state index in [1.807, 2.05) is 11.4 Å². The van der Waals surface area contributed by atoms with E-state index >= 15 is 0 Å². The summed E-state index contributed by atoms with van der Waals surface area (Å²) < 4.78 is 1.00. The molecule has 0 bridgehead atoms. The van der Waals surface area contributed by atoms with Gasteiger partial charge in [0.15, 0.2) is 0 Å². The molecule has 0 saturated heterocycles. The van der Waals surface area contributed by atoms with Gasteiger partial charge in [-0.2, -0.15) is 0 Å². The van der Waals surface area contributed by atoms with Crippen LogP contribution in [0.3, 0.4) is 0 Å². The van der Waals surface area contributed by atoms with Crippen molar-refractivity contribution in [2.75, 3.05) is 6.54 Å². The second-order valence-corrected chi connectivity index (χ2v) is 8.96. The van der Waals surface area contributed by atoms with Crippen molar-refractivity contribution in [3.05, 3.63) is 56.2 Å². The Morgan fingerprint density at radius 1 is 1.26 bits per heavy atom. The van der Waals surface area contributed by atoms with Crippen LogP contribution in [0.1, 0.15) is 42.4 Å². The van der Waals surface area contributed by atoms with Crippen molar-refractivity contribution in [3.63, 3.8) is 0 Å². The summed E-state index contributed by atoms with van der Waals surface area (Å²) in [6.07, 6.45) is 3.03. The first-order valence-corrected chi connectivity index (χ1v) is 9.84. The van der Waals surface area contributed by atoms with Gasteiger partial charge < -0.3 is 10.4 Å². The smallest absolute Gasteiger partial charge is 0.102 e. The normalized spacial score (nSPS) is 16.5. The highest BCUT2D eigenvalue weighted by molar-refractivity contribution is 9.10. The van der Waals surface area contributed by atoms with Crippen molar-refractivity contribution in [3.8, 4) is 0 Å². The molecule has 2 nitrogen and oxygen atoms in total. The van der Waals surface area contributed by atoms with Crippen molar-refractivity contribution in [2.45, 2.75) is 44.8 Å². The molecule has 3 rings (SSSR count). The molecule has 2 aromatic rings. The van der Waals surface area contributed by atoms with Gasteiger partial charge in [0.05, 0.1) is 0 Å². The molecule has 23 heavy (non-hydrogen) atoms. The van der Waals surface area contributed by atoms with E-state index in [0.717, 1.165) is 15.8 Å². The highest BCUT2D eigenvalue weighted by atomic mass is 79.9. The van der Waals surface area contributed by atoms with Crippen molar-refractivity contribution in [2.24, 2.45) is 5.92 Å². The molecule has 0 spiro atoms. The number of hydrogen-bond acceptors (Lipinski definition) is 3. The van der Waals surface area contributed by atoms with Gasteiger partial charge in [0.1, 0.15) is 6.10 Å². The second-order valence-electron chi connectivity index (χ2n) is 7.16. The maximum absolute atomic E-state index is 10.4. The number of hydrogen-bond donors (Lipinski definition) is 2. The molecular weight excluding hydrogens is 370 g/mol. The molecule has 0 aliphatic heterocycles. The number of rotatable bonds is 6. The molecular formula is C19H24BrNOS. The van der Waals surface area contributed by atoms with Gasteiger partial charge in [0, 0.05) is 21.4 Å². The van der Waals surface area contributed by atoms with Gasteiger partial charge in [0.25, 0.3) is 0 Å². The lowest BCUT2D eigenvalue weighted by molar-refractivity contribution is 0.157. The fourth-order valence-electron chi connectivity index (χ4n) is 3.60. The number of aliphatic hydroxyl groups excluding tert-OH is 1. The Bertz CT molecular complexity index is 642. The summed E-state index contributed by atoms with van der Waals surface area (Å²) in [7, 11) is 0. The Morgan fingerprint density at radius 3 is 2.48 bits per heavy atom. The monoisotopic (exact) mass is 393 g/mol. The third-order valence-corrected chi connectivity index (χ3v) is 6.63. The molecule has 0 amide bonds. The molecule has 1 atom stereocenters. The van der Waals surface area contributed by atoms with Crippen molar-refractivity contribution in [1.82, 2.24) is 5.32 Å². The van der Waals surface area contributed by atoms with Gasteiger partial charge in [-0.1, -0.05) is 24.3 Å². The van der Waals surface area contributed by atoms with Gasteiger partial charge in [0.2, 0.25) is 0 Å². The summed E-state index contributed by atoms with van der Waals surface area (Å²) in [5, 5.41) is 15.9. The molecule has 0 fully saturated rings. The fraction of sp³-hybridized carbons (Fsp3) is 0.474. The molecule has 1 heterocycles. The summed E-state index contributed by atoms with van der Waals surface area (Å²) in [6, 6.07) is 10.8. The number of benzene rings is 1. The van der Waals surface area contributed by atoms with Crippen molar-refractivity contribution < 1.29 is 5.11 Å². The zero-order valence-corrected chi connectivity index (χ0v) is 16.1. The van der Waals surface area contributed by atoms with E-state index in [4.69, 9.17) is 0 Å². The zero-order valence-electron chi connectivity index (χ0n) is 13.7. The van der Waals surface area contributed by atoms with E-state index in [0.29, 0.717) is 12.5 Å². The molecule has 1 aliphatic carbocycles. The van der Waals surface area contributed by atoms with Crippen LogP contribution in [0.5, 0.6) is 0 Å². The first kappa shape index (κ1) is 17.2. The molecule has 1 unspecified atom stereocenters. The van der Waals surface area contributed by atoms with Crippen LogP contribution >= 0.6 is 27.3 Å². The van der Waals surface area contributed by atoms with E-state index in [1.165, 1.54) is 24.0 Å². The third kappa shape index (κ3) is 4.24. The number of aliphatic hydroxyl groups is 1. The van der Waals surface area contributed by atoms with Crippen LogP contribution in [0.4, 0.5) is 0 Å². The molecule has 0 radical (unpaired) electrons. The third-order valence-electron chi connectivity index (χ3n) is 4.66. The minimum atomic E-state index is -0.454. The predicted octanol–water partition coefficient (Wildman–Crippen LogP) is 4.72. The van der Waals surface area contributed by atoms with Gasteiger partial charge in [-0.3, -0.25) is 0 Å². The van der Waals surface area contributed by atoms with Gasteiger partial charge in [-0.05, 0) is 77.5 Å². The summed E-state index contributed by atoms with van der Waals surface area (Å²) >= 11 is 5.09. The summed E-state index contributed by atoms with van der Waals surface area (Å²) in [5.41, 5.74) is 3.05. The van der Waals surface area contributed by atoms with E-state index < -0.39 is 6.10 Å². The molecule has 1 aromatic carbocycles. The quantitative estimate of drug-likeness (QED) is 0.743. The number of fused-ring (bicyclic) bond motifs is 1. The summed E-state index contributed by atoms with van der Waals surface area (Å²) in [6.45, 7) is 5.07. The zero-order chi connectivity index (χ0) is 16.4. The molecule has 1 aliphatic rings. The summed E-state index contributed by atoms with van der Waals surface area (Å²) in [4.78, 5) is 1.00. The van der Waals surface area contributed by atoms with E-state index in [2.05, 4.69) is 59.4 Å². The van der Waals surface area contributed by atoms with E-state index in [1.54, 1.807) is 11.3 Å². The van der Waals surface area contributed by atoms with Crippen LogP contribution in [0.15, 0.2) is 40.2 Å². The second kappa shape index (κ2) is 7.06. The highest BCUT2D eigenvalue weighted by Gasteiger charge is 2.28. The number of halogens is 1. The lowest BCUT2D eigenvalue weighted by Gasteiger charge is -2.30. The molecule has 124 valence electrons. The Morgan fingerprint density at radius 2 is 1.91 bits per heavy atom. The molecule has 1 aromatic heterocycles. The number of β-amino-alcohol motifs (C(OH)–C–C–N with tert-alkyl or cyclic N) is 1. The van der Waals surface area contributed by atoms with Crippen LogP contribution in [0.2, 0.25) is 0 Å². The van der Waals surface area contributed by atoms with Crippen LogP contribution in [-0.2, 0) is 12.8 Å². The predicted molar refractivity (Wildman–Crippen MR) is 101 cm³/mol. The first-order chi connectivity index (χ1) is 10.9. The molecule has 4 heteroatoms. The Balaban J connectivity index is 1.53. The van der Waals surface area contributed by atoms with Crippen LogP contribution < -0.4 is 5.32 Å². The Hall–Kier alpha value is -0.680. The van der Waals surface area contributed by atoms with Crippen molar-refractivity contribution >= 4 is 27.3 Å². The maximum atomic E-state index is 10.4. The molecule has 2 N–H and O–H groups in total. The van der Waals surface area contributed by atoms with Crippen LogP contribution in [0, 0.1) is 5.92 Å². The maximum Gasteiger partial charge on any atom is 0.102 e. The Labute approximate surface area is 151 Å². The van der Waals surface area contributed by atoms with Gasteiger partial charge in [-0.15, -0.1) is 11.3 Å². The minimum absolute atomic E-state index is 0.0252.